The molecule has 1 rings (SSSR count). The summed E-state index contributed by atoms with van der Waals surface area (Å²) in [4.78, 5) is 34.9. The number of hydrogen-bond donors (Lipinski definition) is 3. The van der Waals surface area contributed by atoms with E-state index in [-0.39, 0.29) is 18.7 Å². The van der Waals surface area contributed by atoms with Crippen LogP contribution in [0.4, 0.5) is 4.79 Å². The van der Waals surface area contributed by atoms with Gasteiger partial charge in [0.25, 0.3) is 0 Å². The number of ether oxygens (including phenoxy) is 1. The van der Waals surface area contributed by atoms with Crippen molar-refractivity contribution in [3.8, 4) is 0 Å². The lowest BCUT2D eigenvalue weighted by molar-refractivity contribution is -0.137. The van der Waals surface area contributed by atoms with Gasteiger partial charge in [0.05, 0.1) is 12.6 Å². The molecule has 114 valence electrons. The van der Waals surface area contributed by atoms with Crippen molar-refractivity contribution >= 4 is 17.9 Å². The van der Waals surface area contributed by atoms with E-state index in [9.17, 15) is 14.4 Å². The van der Waals surface area contributed by atoms with Crippen LogP contribution >= 0.6 is 0 Å². The molecule has 1 aliphatic heterocycles. The number of carboxylic acids is 1. The van der Waals surface area contributed by atoms with Crippen LogP contribution < -0.4 is 10.6 Å². The molecular formula is C12H21N3O5. The molecule has 0 aromatic carbocycles. The number of carbonyl (C=O) groups is 3. The maximum Gasteiger partial charge on any atom is 0.322 e. The normalized spacial score (nSPS) is 15.8. The highest BCUT2D eigenvalue weighted by Crippen LogP contribution is 2.13. The Morgan fingerprint density at radius 2 is 1.85 bits per heavy atom. The van der Waals surface area contributed by atoms with Crippen LogP contribution in [-0.4, -0.2) is 66.8 Å². The van der Waals surface area contributed by atoms with E-state index in [1.54, 1.807) is 4.90 Å². The summed E-state index contributed by atoms with van der Waals surface area (Å²) in [6.45, 7) is 3.11. The molecular weight excluding hydrogens is 266 g/mol. The second-order valence-electron chi connectivity index (χ2n) is 4.47. The van der Waals surface area contributed by atoms with Gasteiger partial charge < -0.3 is 25.4 Å². The van der Waals surface area contributed by atoms with E-state index in [1.165, 1.54) is 0 Å². The zero-order chi connectivity index (χ0) is 15.0. The van der Waals surface area contributed by atoms with Crippen molar-refractivity contribution in [1.82, 2.24) is 15.5 Å². The second-order valence-corrected chi connectivity index (χ2v) is 4.47. The summed E-state index contributed by atoms with van der Waals surface area (Å²) < 4.78 is 5.49. The number of amides is 3. The third-order valence-corrected chi connectivity index (χ3v) is 2.97. The van der Waals surface area contributed by atoms with Gasteiger partial charge in [-0.1, -0.05) is 0 Å². The standard InChI is InChI=1S/C12H21N3O5/c1-2-20-9-3-5-15(6-4-9)12(19)14-7-10(16)13-8-11(17)18/h9H,2-8H2,1H3,(H,13,16)(H,14,19)(H,17,18). The van der Waals surface area contributed by atoms with Crippen LogP contribution in [-0.2, 0) is 14.3 Å². The van der Waals surface area contributed by atoms with Gasteiger partial charge in [0.1, 0.15) is 6.54 Å². The quantitative estimate of drug-likeness (QED) is 0.604. The summed E-state index contributed by atoms with van der Waals surface area (Å²) in [5, 5.41) is 13.0. The minimum absolute atomic E-state index is 0.197. The lowest BCUT2D eigenvalue weighted by atomic mass is 10.1. The number of hydrogen-bond acceptors (Lipinski definition) is 4. The van der Waals surface area contributed by atoms with E-state index in [1.807, 2.05) is 6.92 Å². The van der Waals surface area contributed by atoms with E-state index < -0.39 is 18.4 Å². The van der Waals surface area contributed by atoms with Gasteiger partial charge in [-0.25, -0.2) is 4.79 Å². The van der Waals surface area contributed by atoms with Crippen LogP contribution in [0.2, 0.25) is 0 Å². The second kappa shape index (κ2) is 8.36. The van der Waals surface area contributed by atoms with Crippen molar-refractivity contribution in [1.29, 1.82) is 0 Å². The summed E-state index contributed by atoms with van der Waals surface area (Å²) in [6.07, 6.45) is 1.77. The Morgan fingerprint density at radius 3 is 2.40 bits per heavy atom. The first-order chi connectivity index (χ1) is 9.52. The number of carboxylic acid groups (broad SMARTS) is 1. The fraction of sp³-hybridized carbons (Fsp3) is 0.750. The fourth-order valence-corrected chi connectivity index (χ4v) is 1.97. The van der Waals surface area contributed by atoms with Crippen molar-refractivity contribution in [2.75, 3.05) is 32.8 Å². The zero-order valence-electron chi connectivity index (χ0n) is 11.6. The van der Waals surface area contributed by atoms with Crippen LogP contribution in [0.25, 0.3) is 0 Å². The van der Waals surface area contributed by atoms with E-state index in [2.05, 4.69) is 10.6 Å². The number of aliphatic carboxylic acids is 1. The largest absolute Gasteiger partial charge is 0.480 e. The molecule has 8 nitrogen and oxygen atoms in total. The molecule has 0 spiro atoms. The number of piperidine rings is 1. The summed E-state index contributed by atoms with van der Waals surface area (Å²) >= 11 is 0. The van der Waals surface area contributed by atoms with Gasteiger partial charge in [0, 0.05) is 19.7 Å². The lowest BCUT2D eigenvalue weighted by Gasteiger charge is -2.31. The van der Waals surface area contributed by atoms with Crippen molar-refractivity contribution < 1.29 is 24.2 Å². The lowest BCUT2D eigenvalue weighted by Crippen LogP contribution is -2.48. The number of carbonyl (C=O) groups excluding carboxylic acids is 2. The van der Waals surface area contributed by atoms with Crippen LogP contribution in [0.15, 0.2) is 0 Å². The third kappa shape index (κ3) is 5.87. The molecule has 1 saturated heterocycles. The molecule has 3 N–H and O–H groups in total. The van der Waals surface area contributed by atoms with Gasteiger partial charge in [0.15, 0.2) is 0 Å². The van der Waals surface area contributed by atoms with E-state index >= 15 is 0 Å². The molecule has 0 aromatic heterocycles. The first-order valence-corrected chi connectivity index (χ1v) is 6.65. The average molecular weight is 287 g/mol. The smallest absolute Gasteiger partial charge is 0.322 e. The minimum atomic E-state index is -1.12. The van der Waals surface area contributed by atoms with E-state index in [0.29, 0.717) is 19.7 Å². The number of nitrogens with one attached hydrogen (secondary N) is 2. The van der Waals surface area contributed by atoms with E-state index in [4.69, 9.17) is 9.84 Å². The highest BCUT2D eigenvalue weighted by atomic mass is 16.5. The van der Waals surface area contributed by atoms with Gasteiger partial charge in [0.2, 0.25) is 5.91 Å². The molecule has 1 fully saturated rings. The van der Waals surface area contributed by atoms with E-state index in [0.717, 1.165) is 12.8 Å². The highest BCUT2D eigenvalue weighted by Gasteiger charge is 2.22. The Bertz CT molecular complexity index is 353. The summed E-state index contributed by atoms with van der Waals surface area (Å²) in [5.74, 6) is -1.65. The Hall–Kier alpha value is -1.83. The molecule has 1 aliphatic rings. The predicted octanol–water partition coefficient (Wildman–Crippen LogP) is -0.602. The van der Waals surface area contributed by atoms with Crippen molar-refractivity contribution in [2.24, 2.45) is 0 Å². The first kappa shape index (κ1) is 16.2. The number of urea groups is 1. The molecule has 0 bridgehead atoms. The molecule has 0 saturated carbocycles. The van der Waals surface area contributed by atoms with Crippen molar-refractivity contribution in [3.05, 3.63) is 0 Å². The molecule has 1 heterocycles. The minimum Gasteiger partial charge on any atom is -0.480 e. The van der Waals surface area contributed by atoms with Crippen LogP contribution in [0.1, 0.15) is 19.8 Å². The average Bonchev–Trinajstić information content (AvgIpc) is 2.43. The zero-order valence-corrected chi connectivity index (χ0v) is 11.6. The molecule has 0 aromatic rings. The van der Waals surface area contributed by atoms with Crippen molar-refractivity contribution in [2.45, 2.75) is 25.9 Å². The van der Waals surface area contributed by atoms with Crippen molar-refractivity contribution in [3.63, 3.8) is 0 Å². The Balaban J connectivity index is 2.20. The predicted molar refractivity (Wildman–Crippen MR) is 70.3 cm³/mol. The van der Waals surface area contributed by atoms with Gasteiger partial charge in [-0.15, -0.1) is 0 Å². The summed E-state index contributed by atoms with van der Waals surface area (Å²) in [6, 6.07) is -0.314. The molecule has 0 aliphatic carbocycles. The number of likely N-dealkylation sites (tertiary alicyclic amines) is 1. The van der Waals surface area contributed by atoms with Gasteiger partial charge >= 0.3 is 12.0 Å². The summed E-state index contributed by atoms with van der Waals surface area (Å²) in [5.41, 5.74) is 0. The third-order valence-electron chi connectivity index (χ3n) is 2.97. The molecule has 3 amide bonds. The topological polar surface area (TPSA) is 108 Å². The van der Waals surface area contributed by atoms with Crippen LogP contribution in [0.3, 0.4) is 0 Å². The Labute approximate surface area is 117 Å². The number of nitrogens with zero attached hydrogens (tertiary/aromatic N) is 1. The molecule has 20 heavy (non-hydrogen) atoms. The Kier molecular flexibility index (Phi) is 6.78. The van der Waals surface area contributed by atoms with Gasteiger partial charge in [-0.3, -0.25) is 9.59 Å². The van der Waals surface area contributed by atoms with Crippen LogP contribution in [0.5, 0.6) is 0 Å². The Morgan fingerprint density at radius 1 is 1.20 bits per heavy atom. The van der Waals surface area contributed by atoms with Crippen LogP contribution in [0, 0.1) is 0 Å². The monoisotopic (exact) mass is 287 g/mol. The first-order valence-electron chi connectivity index (χ1n) is 6.65. The fourth-order valence-electron chi connectivity index (χ4n) is 1.97. The molecule has 0 radical (unpaired) electrons. The molecule has 0 atom stereocenters. The van der Waals surface area contributed by atoms with Gasteiger partial charge in [-0.2, -0.15) is 0 Å². The highest BCUT2D eigenvalue weighted by molar-refractivity contribution is 5.86. The maximum absolute atomic E-state index is 11.8. The SMILES string of the molecule is CCOC1CCN(C(=O)NCC(=O)NCC(=O)O)CC1. The van der Waals surface area contributed by atoms with Gasteiger partial charge in [-0.05, 0) is 19.8 Å². The maximum atomic E-state index is 11.8. The number of rotatable bonds is 6. The molecule has 0 unspecified atom stereocenters. The summed E-state index contributed by atoms with van der Waals surface area (Å²) in [7, 11) is 0. The molecule has 8 heteroatoms.